The SMILES string of the molecule is COCCN(C)c1ccc(/C=C/C(=O)c2cnc[nH]2)cn1. The minimum absolute atomic E-state index is 0.117. The van der Waals surface area contributed by atoms with Crippen molar-refractivity contribution in [1.82, 2.24) is 15.0 Å². The summed E-state index contributed by atoms with van der Waals surface area (Å²) in [6.07, 6.45) is 7.94. The number of pyridine rings is 1. The summed E-state index contributed by atoms with van der Waals surface area (Å²) in [7, 11) is 3.63. The Morgan fingerprint density at radius 1 is 1.43 bits per heavy atom. The van der Waals surface area contributed by atoms with Crippen LogP contribution >= 0.6 is 0 Å². The van der Waals surface area contributed by atoms with Gasteiger partial charge in [-0.1, -0.05) is 0 Å². The fraction of sp³-hybridized carbons (Fsp3) is 0.267. The Balaban J connectivity index is 1.97. The number of H-pyrrole nitrogens is 1. The number of carbonyl (C=O) groups is 1. The van der Waals surface area contributed by atoms with E-state index < -0.39 is 0 Å². The van der Waals surface area contributed by atoms with Gasteiger partial charge in [0.15, 0.2) is 0 Å². The van der Waals surface area contributed by atoms with Crippen LogP contribution in [-0.4, -0.2) is 48.0 Å². The third kappa shape index (κ3) is 4.25. The van der Waals surface area contributed by atoms with Crippen molar-refractivity contribution in [1.29, 1.82) is 0 Å². The maximum absolute atomic E-state index is 11.8. The average Bonchev–Trinajstić information content (AvgIpc) is 3.05. The molecule has 21 heavy (non-hydrogen) atoms. The zero-order valence-corrected chi connectivity index (χ0v) is 12.1. The maximum Gasteiger partial charge on any atom is 0.203 e. The zero-order chi connectivity index (χ0) is 15.1. The Labute approximate surface area is 123 Å². The van der Waals surface area contributed by atoms with Gasteiger partial charge in [-0.25, -0.2) is 9.97 Å². The Hall–Kier alpha value is -2.47. The van der Waals surface area contributed by atoms with Gasteiger partial charge in [-0.3, -0.25) is 4.79 Å². The van der Waals surface area contributed by atoms with Gasteiger partial charge in [0.25, 0.3) is 0 Å². The standard InChI is InChI=1S/C15H18N4O2/c1-19(7-8-21-2)15-6-4-12(9-17-15)3-5-14(20)13-10-16-11-18-13/h3-6,9-11H,7-8H2,1-2H3,(H,16,18)/b5-3+. The molecular formula is C15H18N4O2. The van der Waals surface area contributed by atoms with Crippen LogP contribution in [0.3, 0.4) is 0 Å². The molecule has 0 spiro atoms. The fourth-order valence-electron chi connectivity index (χ4n) is 1.72. The van der Waals surface area contributed by atoms with Crippen molar-refractivity contribution >= 4 is 17.7 Å². The van der Waals surface area contributed by atoms with Crippen molar-refractivity contribution in [3.05, 3.63) is 48.2 Å². The van der Waals surface area contributed by atoms with E-state index in [1.54, 1.807) is 19.4 Å². The molecule has 0 bridgehead atoms. The summed E-state index contributed by atoms with van der Waals surface area (Å²) in [5, 5.41) is 0. The Bertz CT molecular complexity index is 591. The van der Waals surface area contributed by atoms with Crippen molar-refractivity contribution in [2.24, 2.45) is 0 Å². The third-order valence-electron chi connectivity index (χ3n) is 2.98. The van der Waals surface area contributed by atoms with Crippen LogP contribution < -0.4 is 4.90 Å². The Kier molecular flexibility index (Phi) is 5.22. The van der Waals surface area contributed by atoms with Gasteiger partial charge in [0.2, 0.25) is 5.78 Å². The Morgan fingerprint density at radius 2 is 2.29 bits per heavy atom. The summed E-state index contributed by atoms with van der Waals surface area (Å²) in [6.45, 7) is 1.43. The molecule has 1 N–H and O–H groups in total. The van der Waals surface area contributed by atoms with Crippen LogP contribution in [0.5, 0.6) is 0 Å². The van der Waals surface area contributed by atoms with E-state index >= 15 is 0 Å². The molecule has 0 unspecified atom stereocenters. The van der Waals surface area contributed by atoms with Crippen LogP contribution in [0, 0.1) is 0 Å². The number of rotatable bonds is 7. The number of aromatic nitrogens is 3. The van der Waals surface area contributed by atoms with Crippen LogP contribution in [0.2, 0.25) is 0 Å². The number of imidazole rings is 1. The number of anilines is 1. The summed E-state index contributed by atoms with van der Waals surface area (Å²) in [5.41, 5.74) is 1.34. The average molecular weight is 286 g/mol. The van der Waals surface area contributed by atoms with Gasteiger partial charge in [-0.15, -0.1) is 0 Å². The first-order valence-electron chi connectivity index (χ1n) is 6.57. The number of likely N-dealkylation sites (N-methyl/N-ethyl adjacent to an activating group) is 1. The highest BCUT2D eigenvalue weighted by atomic mass is 16.5. The quantitative estimate of drug-likeness (QED) is 0.620. The van der Waals surface area contributed by atoms with E-state index in [1.807, 2.05) is 24.1 Å². The molecule has 0 aliphatic heterocycles. The molecule has 0 saturated heterocycles. The van der Waals surface area contributed by atoms with Gasteiger partial charge >= 0.3 is 0 Å². The molecule has 110 valence electrons. The molecule has 0 aliphatic rings. The number of hydrogen-bond donors (Lipinski definition) is 1. The number of aromatic amines is 1. The molecule has 2 rings (SSSR count). The van der Waals surface area contributed by atoms with Crippen molar-refractivity contribution in [3.8, 4) is 0 Å². The first-order valence-corrected chi connectivity index (χ1v) is 6.57. The number of carbonyl (C=O) groups excluding carboxylic acids is 1. The highest BCUT2D eigenvalue weighted by Crippen LogP contribution is 2.10. The largest absolute Gasteiger partial charge is 0.383 e. The lowest BCUT2D eigenvalue weighted by molar-refractivity contribution is 0.104. The fourth-order valence-corrected chi connectivity index (χ4v) is 1.72. The number of methoxy groups -OCH3 is 1. The molecule has 0 fully saturated rings. The van der Waals surface area contributed by atoms with Gasteiger partial charge in [0.05, 0.1) is 19.1 Å². The molecule has 0 aromatic carbocycles. The first-order chi connectivity index (χ1) is 10.2. The van der Waals surface area contributed by atoms with E-state index in [0.29, 0.717) is 12.3 Å². The molecule has 6 nitrogen and oxygen atoms in total. The van der Waals surface area contributed by atoms with Gasteiger partial charge in [0, 0.05) is 26.9 Å². The van der Waals surface area contributed by atoms with Gasteiger partial charge in [-0.2, -0.15) is 0 Å². The van der Waals surface area contributed by atoms with Crippen molar-refractivity contribution in [3.63, 3.8) is 0 Å². The number of allylic oxidation sites excluding steroid dienone is 1. The minimum atomic E-state index is -0.117. The topological polar surface area (TPSA) is 71.1 Å². The number of ketones is 1. The molecular weight excluding hydrogens is 268 g/mol. The molecule has 2 aromatic rings. The van der Waals surface area contributed by atoms with Crippen LogP contribution in [-0.2, 0) is 4.74 Å². The highest BCUT2D eigenvalue weighted by molar-refractivity contribution is 6.05. The molecule has 0 aliphatic carbocycles. The summed E-state index contributed by atoms with van der Waals surface area (Å²) in [4.78, 5) is 24.7. The van der Waals surface area contributed by atoms with Crippen LogP contribution in [0.15, 0.2) is 36.9 Å². The number of nitrogens with zero attached hydrogens (tertiary/aromatic N) is 3. The van der Waals surface area contributed by atoms with Crippen LogP contribution in [0.25, 0.3) is 6.08 Å². The van der Waals surface area contributed by atoms with E-state index in [-0.39, 0.29) is 5.78 Å². The summed E-state index contributed by atoms with van der Waals surface area (Å²) >= 11 is 0. The van der Waals surface area contributed by atoms with E-state index in [9.17, 15) is 4.79 Å². The lowest BCUT2D eigenvalue weighted by Crippen LogP contribution is -2.22. The molecule has 0 amide bonds. The second-order valence-electron chi connectivity index (χ2n) is 4.53. The van der Waals surface area contributed by atoms with E-state index in [2.05, 4.69) is 15.0 Å². The lowest BCUT2D eigenvalue weighted by atomic mass is 10.2. The summed E-state index contributed by atoms with van der Waals surface area (Å²) in [5.74, 6) is 0.748. The molecule has 0 saturated carbocycles. The monoisotopic (exact) mass is 286 g/mol. The van der Waals surface area contributed by atoms with Crippen molar-refractivity contribution in [2.45, 2.75) is 0 Å². The second kappa shape index (κ2) is 7.35. The van der Waals surface area contributed by atoms with Crippen LogP contribution in [0.1, 0.15) is 16.1 Å². The normalized spacial score (nSPS) is 11.0. The van der Waals surface area contributed by atoms with Gasteiger partial charge in [0.1, 0.15) is 11.5 Å². The number of hydrogen-bond acceptors (Lipinski definition) is 5. The maximum atomic E-state index is 11.8. The van der Waals surface area contributed by atoms with E-state index in [0.717, 1.165) is 17.9 Å². The highest BCUT2D eigenvalue weighted by Gasteiger charge is 2.03. The van der Waals surface area contributed by atoms with E-state index in [1.165, 1.54) is 18.6 Å². The van der Waals surface area contributed by atoms with Crippen molar-refractivity contribution < 1.29 is 9.53 Å². The molecule has 2 heterocycles. The van der Waals surface area contributed by atoms with Gasteiger partial charge < -0.3 is 14.6 Å². The third-order valence-corrected chi connectivity index (χ3v) is 2.98. The number of nitrogens with one attached hydrogen (secondary N) is 1. The smallest absolute Gasteiger partial charge is 0.203 e. The molecule has 0 radical (unpaired) electrons. The summed E-state index contributed by atoms with van der Waals surface area (Å²) < 4.78 is 5.03. The van der Waals surface area contributed by atoms with E-state index in [4.69, 9.17) is 4.74 Å². The molecule has 6 heteroatoms. The predicted molar refractivity (Wildman–Crippen MR) is 81.3 cm³/mol. The zero-order valence-electron chi connectivity index (χ0n) is 12.1. The summed E-state index contributed by atoms with van der Waals surface area (Å²) in [6, 6.07) is 3.83. The predicted octanol–water partition coefficient (Wildman–Crippen LogP) is 1.78. The second-order valence-corrected chi connectivity index (χ2v) is 4.53. The van der Waals surface area contributed by atoms with Crippen molar-refractivity contribution in [2.75, 3.05) is 32.2 Å². The Morgan fingerprint density at radius 3 is 2.90 bits per heavy atom. The number of ether oxygens (including phenoxy) is 1. The minimum Gasteiger partial charge on any atom is -0.383 e. The van der Waals surface area contributed by atoms with Gasteiger partial charge in [-0.05, 0) is 29.8 Å². The lowest BCUT2D eigenvalue weighted by Gasteiger charge is -2.17. The first kappa shape index (κ1) is 14.9. The molecule has 2 aromatic heterocycles. The van der Waals surface area contributed by atoms with Crippen LogP contribution in [0.4, 0.5) is 5.82 Å². The molecule has 0 atom stereocenters.